The monoisotopic (exact) mass is 283 g/mol. The smallest absolute Gasteiger partial charge is 0.0693 e. The average Bonchev–Trinajstić information content (AvgIpc) is 2.64. The number of aliphatic hydroxyl groups is 1. The fourth-order valence-corrected chi connectivity index (χ4v) is 2.75. The second kappa shape index (κ2) is 5.30. The lowest BCUT2D eigenvalue weighted by Gasteiger charge is -2.22. The van der Waals surface area contributed by atoms with Crippen LogP contribution in [-0.4, -0.2) is 17.3 Å². The molecular weight excluding hydrogens is 266 g/mol. The first-order valence-corrected chi connectivity index (χ1v) is 6.65. The van der Waals surface area contributed by atoms with Crippen molar-refractivity contribution in [2.45, 2.75) is 44.4 Å². The Morgan fingerprint density at radius 2 is 2.25 bits per heavy atom. The highest BCUT2D eigenvalue weighted by atomic mass is 79.9. The molecule has 2 nitrogen and oxygen atoms in total. The van der Waals surface area contributed by atoms with Crippen LogP contribution in [0.2, 0.25) is 0 Å². The van der Waals surface area contributed by atoms with Gasteiger partial charge in [0.25, 0.3) is 0 Å². The van der Waals surface area contributed by atoms with Crippen molar-refractivity contribution in [3.63, 3.8) is 0 Å². The largest absolute Gasteiger partial charge is 0.392 e. The molecule has 0 aliphatic heterocycles. The molecule has 3 atom stereocenters. The molecule has 0 saturated heterocycles. The zero-order valence-corrected chi connectivity index (χ0v) is 11.1. The number of nitrogens with one attached hydrogen (secondary N) is 1. The predicted octanol–water partition coefficient (Wildman–Crippen LogP) is 3.01. The molecule has 1 saturated carbocycles. The lowest BCUT2D eigenvalue weighted by Crippen LogP contribution is -2.37. The summed E-state index contributed by atoms with van der Waals surface area (Å²) in [4.78, 5) is 0. The first kappa shape index (κ1) is 12.1. The van der Waals surface area contributed by atoms with Gasteiger partial charge in [0.05, 0.1) is 6.10 Å². The zero-order chi connectivity index (χ0) is 11.5. The van der Waals surface area contributed by atoms with Crippen molar-refractivity contribution in [2.75, 3.05) is 0 Å². The average molecular weight is 284 g/mol. The van der Waals surface area contributed by atoms with Crippen LogP contribution in [0.4, 0.5) is 0 Å². The van der Waals surface area contributed by atoms with Crippen molar-refractivity contribution in [3.05, 3.63) is 34.3 Å². The number of rotatable bonds is 3. The summed E-state index contributed by atoms with van der Waals surface area (Å²) in [5, 5.41) is 13.3. The summed E-state index contributed by atoms with van der Waals surface area (Å²) in [6, 6.07) is 8.86. The second-order valence-electron chi connectivity index (χ2n) is 4.55. The predicted molar refractivity (Wildman–Crippen MR) is 69.3 cm³/mol. The van der Waals surface area contributed by atoms with E-state index in [1.54, 1.807) is 0 Å². The first-order valence-electron chi connectivity index (χ1n) is 5.86. The molecule has 1 unspecified atom stereocenters. The highest BCUT2D eigenvalue weighted by Gasteiger charge is 2.26. The van der Waals surface area contributed by atoms with Gasteiger partial charge in [-0.2, -0.15) is 0 Å². The van der Waals surface area contributed by atoms with Gasteiger partial charge < -0.3 is 10.4 Å². The first-order chi connectivity index (χ1) is 7.66. The fourth-order valence-electron chi connectivity index (χ4n) is 2.33. The summed E-state index contributed by atoms with van der Waals surface area (Å²) in [6.45, 7) is 2.15. The Kier molecular flexibility index (Phi) is 4.00. The van der Waals surface area contributed by atoms with Crippen molar-refractivity contribution in [3.8, 4) is 0 Å². The molecule has 0 bridgehead atoms. The van der Waals surface area contributed by atoms with Crippen LogP contribution in [0.5, 0.6) is 0 Å². The Balaban J connectivity index is 1.99. The normalized spacial score (nSPS) is 26.9. The van der Waals surface area contributed by atoms with Crippen LogP contribution in [0.25, 0.3) is 0 Å². The van der Waals surface area contributed by atoms with Crippen molar-refractivity contribution in [2.24, 2.45) is 0 Å². The van der Waals surface area contributed by atoms with Crippen LogP contribution in [0.1, 0.15) is 37.8 Å². The Labute approximate surface area is 105 Å². The maximum atomic E-state index is 9.77. The summed E-state index contributed by atoms with van der Waals surface area (Å²) in [7, 11) is 0. The van der Waals surface area contributed by atoms with Crippen molar-refractivity contribution < 1.29 is 5.11 Å². The molecule has 1 fully saturated rings. The van der Waals surface area contributed by atoms with E-state index in [1.807, 2.05) is 12.1 Å². The van der Waals surface area contributed by atoms with Gasteiger partial charge in [0.1, 0.15) is 0 Å². The van der Waals surface area contributed by atoms with Gasteiger partial charge in [-0.1, -0.05) is 28.1 Å². The summed E-state index contributed by atoms with van der Waals surface area (Å²) in [5.41, 5.74) is 1.26. The van der Waals surface area contributed by atoms with Crippen LogP contribution < -0.4 is 5.32 Å². The van der Waals surface area contributed by atoms with Gasteiger partial charge in [-0.05, 0) is 43.9 Å². The number of hydrogen-bond donors (Lipinski definition) is 2. The number of halogens is 1. The van der Waals surface area contributed by atoms with Crippen LogP contribution in [0.3, 0.4) is 0 Å². The molecule has 0 spiro atoms. The van der Waals surface area contributed by atoms with Gasteiger partial charge >= 0.3 is 0 Å². The van der Waals surface area contributed by atoms with Crippen LogP contribution in [-0.2, 0) is 0 Å². The lowest BCUT2D eigenvalue weighted by atomic mass is 10.1. The molecule has 1 aliphatic carbocycles. The quantitative estimate of drug-likeness (QED) is 0.894. The number of hydrogen-bond acceptors (Lipinski definition) is 2. The maximum absolute atomic E-state index is 9.77. The third-order valence-corrected chi connectivity index (χ3v) is 3.79. The SMILES string of the molecule is CC(N[C@H]1CCC[C@@H]1O)c1cccc(Br)c1. The molecule has 1 aliphatic rings. The van der Waals surface area contributed by atoms with E-state index in [0.29, 0.717) is 0 Å². The third-order valence-electron chi connectivity index (χ3n) is 3.29. The zero-order valence-electron chi connectivity index (χ0n) is 9.49. The van der Waals surface area contributed by atoms with E-state index in [9.17, 15) is 5.11 Å². The molecule has 1 aromatic carbocycles. The minimum Gasteiger partial charge on any atom is -0.392 e. The van der Waals surface area contributed by atoms with Crippen molar-refractivity contribution in [1.29, 1.82) is 0 Å². The van der Waals surface area contributed by atoms with E-state index < -0.39 is 0 Å². The number of aliphatic hydroxyl groups excluding tert-OH is 1. The molecule has 1 aromatic rings. The topological polar surface area (TPSA) is 32.3 Å². The van der Waals surface area contributed by atoms with Gasteiger partial charge in [-0.15, -0.1) is 0 Å². The van der Waals surface area contributed by atoms with Crippen LogP contribution in [0.15, 0.2) is 28.7 Å². The molecule has 0 amide bonds. The summed E-state index contributed by atoms with van der Waals surface area (Å²) in [5.74, 6) is 0. The molecular formula is C13H18BrNO. The minimum atomic E-state index is -0.172. The second-order valence-corrected chi connectivity index (χ2v) is 5.46. The maximum Gasteiger partial charge on any atom is 0.0693 e. The molecule has 16 heavy (non-hydrogen) atoms. The summed E-state index contributed by atoms with van der Waals surface area (Å²) >= 11 is 3.48. The molecule has 3 heteroatoms. The van der Waals surface area contributed by atoms with E-state index in [2.05, 4.69) is 40.3 Å². The van der Waals surface area contributed by atoms with E-state index >= 15 is 0 Å². The molecule has 0 heterocycles. The highest BCUT2D eigenvalue weighted by molar-refractivity contribution is 9.10. The van der Waals surface area contributed by atoms with E-state index in [-0.39, 0.29) is 18.2 Å². The van der Waals surface area contributed by atoms with Crippen molar-refractivity contribution >= 4 is 15.9 Å². The van der Waals surface area contributed by atoms with Gasteiger partial charge in [0.2, 0.25) is 0 Å². The van der Waals surface area contributed by atoms with Gasteiger partial charge in [0, 0.05) is 16.6 Å². The Morgan fingerprint density at radius 1 is 1.44 bits per heavy atom. The van der Waals surface area contributed by atoms with Crippen molar-refractivity contribution in [1.82, 2.24) is 5.32 Å². The minimum absolute atomic E-state index is 0.172. The third kappa shape index (κ3) is 2.84. The standard InChI is InChI=1S/C13H18BrNO/c1-9(10-4-2-5-11(14)8-10)15-12-6-3-7-13(12)16/h2,4-5,8-9,12-13,15-16H,3,6-7H2,1H3/t9?,12-,13-/m0/s1. The van der Waals surface area contributed by atoms with E-state index in [0.717, 1.165) is 23.7 Å². The highest BCUT2D eigenvalue weighted by Crippen LogP contribution is 2.23. The lowest BCUT2D eigenvalue weighted by molar-refractivity contribution is 0.144. The van der Waals surface area contributed by atoms with Gasteiger partial charge in [-0.25, -0.2) is 0 Å². The Morgan fingerprint density at radius 3 is 2.88 bits per heavy atom. The number of benzene rings is 1. The molecule has 2 rings (SSSR count). The molecule has 0 radical (unpaired) electrons. The molecule has 2 N–H and O–H groups in total. The van der Waals surface area contributed by atoms with E-state index in [4.69, 9.17) is 0 Å². The Bertz CT molecular complexity index is 356. The van der Waals surface area contributed by atoms with Crippen LogP contribution >= 0.6 is 15.9 Å². The summed E-state index contributed by atoms with van der Waals surface area (Å²) < 4.78 is 1.10. The van der Waals surface area contributed by atoms with Gasteiger partial charge in [-0.3, -0.25) is 0 Å². The van der Waals surface area contributed by atoms with Gasteiger partial charge in [0.15, 0.2) is 0 Å². The molecule has 88 valence electrons. The van der Waals surface area contributed by atoms with E-state index in [1.165, 1.54) is 5.56 Å². The summed E-state index contributed by atoms with van der Waals surface area (Å²) in [6.07, 6.45) is 2.97. The van der Waals surface area contributed by atoms with Crippen LogP contribution in [0, 0.1) is 0 Å². The molecule has 0 aromatic heterocycles. The fraction of sp³-hybridized carbons (Fsp3) is 0.538. The Hall–Kier alpha value is -0.380.